The van der Waals surface area contributed by atoms with Crippen molar-refractivity contribution in [1.82, 2.24) is 10.3 Å². The highest BCUT2D eigenvalue weighted by Gasteiger charge is 2.14. The van der Waals surface area contributed by atoms with E-state index in [0.29, 0.717) is 12.0 Å². The lowest BCUT2D eigenvalue weighted by molar-refractivity contribution is -0.137. The number of unbranched alkanes of at least 4 members (excludes halogenated alkanes) is 12. The van der Waals surface area contributed by atoms with Crippen molar-refractivity contribution in [3.05, 3.63) is 30.1 Å². The number of hydrogen-bond donors (Lipinski definition) is 2. The number of carbonyl (C=O) groups excluding carboxylic acids is 1. The highest BCUT2D eigenvalue weighted by Crippen LogP contribution is 2.15. The van der Waals surface area contributed by atoms with Gasteiger partial charge in [0.05, 0.1) is 5.56 Å². The fraction of sp³-hybridized carbons (Fsp3) is 0.731. The highest BCUT2D eigenvalue weighted by molar-refractivity contribution is 5.93. The number of aliphatic carboxylic acids is 1. The summed E-state index contributed by atoms with van der Waals surface area (Å²) >= 11 is 0. The molecule has 31 heavy (non-hydrogen) atoms. The number of carboxylic acids is 1. The van der Waals surface area contributed by atoms with E-state index in [0.717, 1.165) is 25.7 Å². The molecular weight excluding hydrogens is 388 g/mol. The highest BCUT2D eigenvalue weighted by atomic mass is 16.4. The van der Waals surface area contributed by atoms with E-state index in [1.165, 1.54) is 70.6 Å². The monoisotopic (exact) mass is 432 g/mol. The molecule has 1 aromatic rings. The summed E-state index contributed by atoms with van der Waals surface area (Å²) in [6.07, 6.45) is 22.5. The number of pyridine rings is 1. The Morgan fingerprint density at radius 3 is 1.94 bits per heavy atom. The molecule has 0 aliphatic carbocycles. The summed E-state index contributed by atoms with van der Waals surface area (Å²) in [7, 11) is 0. The zero-order valence-electron chi connectivity index (χ0n) is 19.6. The zero-order chi connectivity index (χ0) is 22.6. The molecule has 1 atom stereocenters. The van der Waals surface area contributed by atoms with E-state index in [4.69, 9.17) is 5.11 Å². The molecule has 0 aromatic carbocycles. The molecule has 0 saturated heterocycles. The standard InChI is InChI=1S/C26H44N2O3/c1-2-3-4-5-6-7-8-9-10-11-12-13-18-24(19-14-15-20-25(29)30)28-26(31)23-17-16-21-27-22-23/h16-17,21-22,24H,2-15,18-20H2,1H3,(H,28,31)(H,29,30). The SMILES string of the molecule is CCCCCCCCCCCCCCC(CCCCC(=O)O)NC(=O)c1cccnc1. The summed E-state index contributed by atoms with van der Waals surface area (Å²) in [6.45, 7) is 2.26. The number of hydrogen-bond acceptors (Lipinski definition) is 3. The van der Waals surface area contributed by atoms with E-state index in [1.54, 1.807) is 24.5 Å². The molecule has 1 amide bonds. The molecule has 0 aliphatic rings. The second kappa shape index (κ2) is 18.8. The molecule has 0 aliphatic heterocycles. The maximum absolute atomic E-state index is 12.5. The van der Waals surface area contributed by atoms with Gasteiger partial charge in [-0.25, -0.2) is 0 Å². The largest absolute Gasteiger partial charge is 0.481 e. The number of carbonyl (C=O) groups is 2. The van der Waals surface area contributed by atoms with Crippen LogP contribution in [0.25, 0.3) is 0 Å². The van der Waals surface area contributed by atoms with E-state index in [9.17, 15) is 9.59 Å². The van der Waals surface area contributed by atoms with Crippen molar-refractivity contribution in [3.8, 4) is 0 Å². The third-order valence-electron chi connectivity index (χ3n) is 5.86. The average molecular weight is 433 g/mol. The fourth-order valence-corrected chi connectivity index (χ4v) is 3.95. The first-order chi connectivity index (χ1) is 15.1. The Labute approximate surface area is 189 Å². The van der Waals surface area contributed by atoms with E-state index >= 15 is 0 Å². The lowest BCUT2D eigenvalue weighted by atomic mass is 10.00. The molecule has 0 radical (unpaired) electrons. The van der Waals surface area contributed by atoms with Crippen LogP contribution in [0.4, 0.5) is 0 Å². The maximum atomic E-state index is 12.5. The Hall–Kier alpha value is -1.91. The van der Waals surface area contributed by atoms with Gasteiger partial charge in [-0.3, -0.25) is 14.6 Å². The van der Waals surface area contributed by atoms with Gasteiger partial charge in [0.15, 0.2) is 0 Å². The van der Waals surface area contributed by atoms with Gasteiger partial charge >= 0.3 is 5.97 Å². The number of nitrogens with zero attached hydrogens (tertiary/aromatic N) is 1. The van der Waals surface area contributed by atoms with Gasteiger partial charge in [-0.15, -0.1) is 0 Å². The topological polar surface area (TPSA) is 79.3 Å². The van der Waals surface area contributed by atoms with Gasteiger partial charge in [0, 0.05) is 24.9 Å². The van der Waals surface area contributed by atoms with Gasteiger partial charge in [0.25, 0.3) is 5.91 Å². The van der Waals surface area contributed by atoms with E-state index in [-0.39, 0.29) is 18.4 Å². The van der Waals surface area contributed by atoms with Crippen molar-refractivity contribution >= 4 is 11.9 Å². The number of rotatable bonds is 20. The molecular formula is C26H44N2O3. The minimum atomic E-state index is -0.753. The molecule has 2 N–H and O–H groups in total. The van der Waals surface area contributed by atoms with Crippen LogP contribution < -0.4 is 5.32 Å². The molecule has 1 aromatic heterocycles. The van der Waals surface area contributed by atoms with Gasteiger partial charge in [0.2, 0.25) is 0 Å². The van der Waals surface area contributed by atoms with E-state index in [1.807, 2.05) is 0 Å². The Morgan fingerprint density at radius 2 is 1.42 bits per heavy atom. The van der Waals surface area contributed by atoms with Gasteiger partial charge in [-0.2, -0.15) is 0 Å². The van der Waals surface area contributed by atoms with Crippen LogP contribution in [-0.4, -0.2) is 28.0 Å². The van der Waals surface area contributed by atoms with Gasteiger partial charge in [0.1, 0.15) is 0 Å². The first-order valence-corrected chi connectivity index (χ1v) is 12.6. The van der Waals surface area contributed by atoms with Crippen LogP contribution in [0, 0.1) is 0 Å². The van der Waals surface area contributed by atoms with Gasteiger partial charge in [-0.1, -0.05) is 90.4 Å². The number of aromatic nitrogens is 1. The summed E-state index contributed by atoms with van der Waals surface area (Å²) in [4.78, 5) is 27.2. The Balaban J connectivity index is 2.20. The molecule has 0 spiro atoms. The van der Waals surface area contributed by atoms with Gasteiger partial charge < -0.3 is 10.4 Å². The molecule has 5 heteroatoms. The van der Waals surface area contributed by atoms with Crippen LogP contribution in [0.15, 0.2) is 24.5 Å². The van der Waals surface area contributed by atoms with Crippen molar-refractivity contribution in [2.75, 3.05) is 0 Å². The average Bonchev–Trinajstić information content (AvgIpc) is 2.77. The number of nitrogens with one attached hydrogen (secondary N) is 1. The van der Waals surface area contributed by atoms with Crippen molar-refractivity contribution < 1.29 is 14.7 Å². The minimum absolute atomic E-state index is 0.0877. The molecule has 1 rings (SSSR count). The lowest BCUT2D eigenvalue weighted by Crippen LogP contribution is -2.35. The Bertz CT molecular complexity index is 577. The summed E-state index contributed by atoms with van der Waals surface area (Å²) in [5.74, 6) is -0.841. The van der Waals surface area contributed by atoms with Crippen molar-refractivity contribution in [2.24, 2.45) is 0 Å². The van der Waals surface area contributed by atoms with Gasteiger partial charge in [-0.05, 0) is 31.4 Å². The zero-order valence-corrected chi connectivity index (χ0v) is 19.6. The quantitative estimate of drug-likeness (QED) is 0.219. The van der Waals surface area contributed by atoms with Crippen molar-refractivity contribution in [2.45, 2.75) is 122 Å². The smallest absolute Gasteiger partial charge is 0.303 e. The van der Waals surface area contributed by atoms with Crippen molar-refractivity contribution in [3.63, 3.8) is 0 Å². The summed E-state index contributed by atoms with van der Waals surface area (Å²) < 4.78 is 0. The van der Waals surface area contributed by atoms with E-state index in [2.05, 4.69) is 17.2 Å². The lowest BCUT2D eigenvalue weighted by Gasteiger charge is -2.19. The third kappa shape index (κ3) is 15.5. The molecule has 1 heterocycles. The predicted octanol–water partition coefficient (Wildman–Crippen LogP) is 6.92. The van der Waals surface area contributed by atoms with Crippen LogP contribution in [0.3, 0.4) is 0 Å². The second-order valence-corrected chi connectivity index (χ2v) is 8.73. The molecule has 0 bridgehead atoms. The van der Waals surface area contributed by atoms with Crippen molar-refractivity contribution in [1.29, 1.82) is 0 Å². The van der Waals surface area contributed by atoms with Crippen LogP contribution in [0.5, 0.6) is 0 Å². The van der Waals surface area contributed by atoms with Crippen LogP contribution in [0.1, 0.15) is 126 Å². The molecule has 1 unspecified atom stereocenters. The summed E-state index contributed by atoms with van der Waals surface area (Å²) in [6, 6.07) is 3.64. The second-order valence-electron chi connectivity index (χ2n) is 8.73. The van der Waals surface area contributed by atoms with Crippen LogP contribution in [-0.2, 0) is 4.79 Å². The summed E-state index contributed by atoms with van der Waals surface area (Å²) in [5, 5.41) is 12.0. The Morgan fingerprint density at radius 1 is 0.871 bits per heavy atom. The normalized spacial score (nSPS) is 11.9. The Kier molecular flexibility index (Phi) is 16.5. The number of amides is 1. The molecule has 5 nitrogen and oxygen atoms in total. The number of carboxylic acid groups (broad SMARTS) is 1. The first kappa shape index (κ1) is 27.1. The molecule has 0 fully saturated rings. The predicted molar refractivity (Wildman–Crippen MR) is 127 cm³/mol. The third-order valence-corrected chi connectivity index (χ3v) is 5.86. The molecule has 176 valence electrons. The first-order valence-electron chi connectivity index (χ1n) is 12.6. The minimum Gasteiger partial charge on any atom is -0.481 e. The van der Waals surface area contributed by atoms with Crippen LogP contribution in [0.2, 0.25) is 0 Å². The maximum Gasteiger partial charge on any atom is 0.303 e. The molecule has 0 saturated carbocycles. The van der Waals surface area contributed by atoms with Crippen LogP contribution >= 0.6 is 0 Å². The fourth-order valence-electron chi connectivity index (χ4n) is 3.95. The van der Waals surface area contributed by atoms with E-state index < -0.39 is 5.97 Å². The summed E-state index contributed by atoms with van der Waals surface area (Å²) in [5.41, 5.74) is 0.577.